The molecule has 124 valence electrons. The number of carbonyl (C=O) groups excluding carboxylic acids is 1. The molecule has 0 saturated heterocycles. The molecule has 23 heavy (non-hydrogen) atoms. The highest BCUT2D eigenvalue weighted by molar-refractivity contribution is 5.96. The van der Waals surface area contributed by atoms with Crippen molar-refractivity contribution in [2.24, 2.45) is 5.92 Å². The number of amides is 1. The Labute approximate surface area is 144 Å². The van der Waals surface area contributed by atoms with Crippen molar-refractivity contribution in [1.82, 2.24) is 5.32 Å². The Kier molecular flexibility index (Phi) is 7.11. The topological polar surface area (TPSA) is 55.1 Å². The van der Waals surface area contributed by atoms with Crippen molar-refractivity contribution >= 4 is 24.0 Å². The van der Waals surface area contributed by atoms with Gasteiger partial charge in [0.15, 0.2) is 0 Å². The van der Waals surface area contributed by atoms with E-state index in [2.05, 4.69) is 31.3 Å². The van der Waals surface area contributed by atoms with Crippen molar-refractivity contribution in [2.75, 3.05) is 5.73 Å². The highest BCUT2D eigenvalue weighted by Gasteiger charge is 2.18. The number of anilines is 1. The summed E-state index contributed by atoms with van der Waals surface area (Å²) in [5.41, 5.74) is 9.12. The fraction of sp³-hybridized carbons (Fsp3) is 0.316. The van der Waals surface area contributed by atoms with Gasteiger partial charge >= 0.3 is 0 Å². The SMILES string of the molecule is Cc1ccc(N)cc1C(=O)NC(CC(C)C)c1ccccc1.Cl. The molecule has 0 saturated carbocycles. The summed E-state index contributed by atoms with van der Waals surface area (Å²) in [5, 5.41) is 3.15. The summed E-state index contributed by atoms with van der Waals surface area (Å²) in [6.07, 6.45) is 0.900. The van der Waals surface area contributed by atoms with Gasteiger partial charge in [-0.1, -0.05) is 50.2 Å². The molecule has 1 unspecified atom stereocenters. The molecule has 0 aliphatic carbocycles. The number of hydrogen-bond donors (Lipinski definition) is 2. The van der Waals surface area contributed by atoms with Crippen LogP contribution in [0.15, 0.2) is 48.5 Å². The molecule has 0 fully saturated rings. The lowest BCUT2D eigenvalue weighted by atomic mass is 9.96. The molecule has 0 bridgehead atoms. The molecule has 0 aliphatic heterocycles. The summed E-state index contributed by atoms with van der Waals surface area (Å²) >= 11 is 0. The van der Waals surface area contributed by atoms with Gasteiger partial charge in [-0.05, 0) is 42.5 Å². The molecule has 0 radical (unpaired) electrons. The number of nitrogen functional groups attached to an aromatic ring is 1. The normalized spacial score (nSPS) is 11.7. The summed E-state index contributed by atoms with van der Waals surface area (Å²) in [7, 11) is 0. The number of hydrogen-bond acceptors (Lipinski definition) is 2. The summed E-state index contributed by atoms with van der Waals surface area (Å²) in [5.74, 6) is 0.423. The fourth-order valence-electron chi connectivity index (χ4n) is 2.56. The summed E-state index contributed by atoms with van der Waals surface area (Å²) in [6.45, 7) is 6.25. The van der Waals surface area contributed by atoms with Gasteiger partial charge in [0.25, 0.3) is 5.91 Å². The zero-order valence-electron chi connectivity index (χ0n) is 13.9. The van der Waals surface area contributed by atoms with Gasteiger partial charge in [-0.15, -0.1) is 12.4 Å². The van der Waals surface area contributed by atoms with E-state index in [1.54, 1.807) is 6.07 Å². The first-order valence-electron chi connectivity index (χ1n) is 7.69. The van der Waals surface area contributed by atoms with Gasteiger partial charge in [-0.2, -0.15) is 0 Å². The van der Waals surface area contributed by atoms with Crippen LogP contribution in [0.2, 0.25) is 0 Å². The molecule has 4 heteroatoms. The number of aryl methyl sites for hydroxylation is 1. The third kappa shape index (κ3) is 5.29. The first kappa shape index (κ1) is 19.0. The number of halogens is 1. The second kappa shape index (κ2) is 8.59. The van der Waals surface area contributed by atoms with Gasteiger partial charge in [0.2, 0.25) is 0 Å². The average molecular weight is 333 g/mol. The Hall–Kier alpha value is -2.00. The Morgan fingerprint density at radius 1 is 1.13 bits per heavy atom. The first-order valence-corrected chi connectivity index (χ1v) is 7.69. The second-order valence-electron chi connectivity index (χ2n) is 6.14. The summed E-state index contributed by atoms with van der Waals surface area (Å²) in [6, 6.07) is 15.5. The van der Waals surface area contributed by atoms with Crippen molar-refractivity contribution in [3.05, 3.63) is 65.2 Å². The maximum atomic E-state index is 12.6. The molecular formula is C19H25ClN2O. The number of nitrogens with two attached hydrogens (primary N) is 1. The maximum absolute atomic E-state index is 12.6. The highest BCUT2D eigenvalue weighted by atomic mass is 35.5. The molecular weight excluding hydrogens is 308 g/mol. The molecule has 1 amide bonds. The molecule has 3 N–H and O–H groups in total. The van der Waals surface area contributed by atoms with Crippen LogP contribution in [-0.2, 0) is 0 Å². The van der Waals surface area contributed by atoms with Crippen LogP contribution >= 0.6 is 12.4 Å². The van der Waals surface area contributed by atoms with Gasteiger partial charge in [0, 0.05) is 11.3 Å². The van der Waals surface area contributed by atoms with E-state index in [1.807, 2.05) is 37.3 Å². The zero-order valence-corrected chi connectivity index (χ0v) is 14.7. The van der Waals surface area contributed by atoms with E-state index in [0.717, 1.165) is 17.5 Å². The minimum Gasteiger partial charge on any atom is -0.399 e. The minimum absolute atomic E-state index is 0. The van der Waals surface area contributed by atoms with E-state index in [0.29, 0.717) is 17.2 Å². The van der Waals surface area contributed by atoms with Crippen LogP contribution in [-0.4, -0.2) is 5.91 Å². The highest BCUT2D eigenvalue weighted by Crippen LogP contribution is 2.22. The quantitative estimate of drug-likeness (QED) is 0.791. The van der Waals surface area contributed by atoms with Crippen molar-refractivity contribution in [2.45, 2.75) is 33.2 Å². The fourth-order valence-corrected chi connectivity index (χ4v) is 2.56. The first-order chi connectivity index (χ1) is 10.5. The van der Waals surface area contributed by atoms with Gasteiger partial charge in [0.1, 0.15) is 0 Å². The van der Waals surface area contributed by atoms with Crippen LogP contribution in [0.25, 0.3) is 0 Å². The van der Waals surface area contributed by atoms with Crippen molar-refractivity contribution in [3.63, 3.8) is 0 Å². The summed E-state index contributed by atoms with van der Waals surface area (Å²) in [4.78, 5) is 12.6. The third-order valence-electron chi connectivity index (χ3n) is 3.72. The van der Waals surface area contributed by atoms with E-state index in [4.69, 9.17) is 5.73 Å². The number of rotatable bonds is 5. The molecule has 3 nitrogen and oxygen atoms in total. The molecule has 1 atom stereocenters. The van der Waals surface area contributed by atoms with Crippen LogP contribution in [0.3, 0.4) is 0 Å². The third-order valence-corrected chi connectivity index (χ3v) is 3.72. The number of benzene rings is 2. The van der Waals surface area contributed by atoms with Crippen LogP contribution in [0.4, 0.5) is 5.69 Å². The molecule has 2 aromatic rings. The summed E-state index contributed by atoms with van der Waals surface area (Å²) < 4.78 is 0. The van der Waals surface area contributed by atoms with E-state index in [9.17, 15) is 4.79 Å². The van der Waals surface area contributed by atoms with E-state index in [-0.39, 0.29) is 24.4 Å². The van der Waals surface area contributed by atoms with E-state index < -0.39 is 0 Å². The largest absolute Gasteiger partial charge is 0.399 e. The number of nitrogens with one attached hydrogen (secondary N) is 1. The Morgan fingerprint density at radius 3 is 2.39 bits per heavy atom. The van der Waals surface area contributed by atoms with Gasteiger partial charge in [0.05, 0.1) is 6.04 Å². The predicted octanol–water partition coefficient (Wildman–Crippen LogP) is 4.52. The lowest BCUT2D eigenvalue weighted by molar-refractivity contribution is 0.0931. The lowest BCUT2D eigenvalue weighted by Crippen LogP contribution is -2.30. The molecule has 0 spiro atoms. The number of carbonyl (C=O) groups is 1. The van der Waals surface area contributed by atoms with Gasteiger partial charge < -0.3 is 11.1 Å². The van der Waals surface area contributed by atoms with Crippen molar-refractivity contribution in [3.8, 4) is 0 Å². The van der Waals surface area contributed by atoms with Crippen LogP contribution in [0.5, 0.6) is 0 Å². The Morgan fingerprint density at radius 2 is 1.78 bits per heavy atom. The zero-order chi connectivity index (χ0) is 16.1. The molecule has 2 rings (SSSR count). The van der Waals surface area contributed by atoms with E-state index in [1.165, 1.54) is 0 Å². The van der Waals surface area contributed by atoms with Crippen LogP contribution in [0.1, 0.15) is 47.8 Å². The van der Waals surface area contributed by atoms with Crippen LogP contribution in [0, 0.1) is 12.8 Å². The van der Waals surface area contributed by atoms with Gasteiger partial charge in [-0.3, -0.25) is 4.79 Å². The van der Waals surface area contributed by atoms with E-state index >= 15 is 0 Å². The lowest BCUT2D eigenvalue weighted by Gasteiger charge is -2.22. The predicted molar refractivity (Wildman–Crippen MR) is 98.9 cm³/mol. The van der Waals surface area contributed by atoms with Crippen molar-refractivity contribution in [1.29, 1.82) is 0 Å². The Bertz CT molecular complexity index is 641. The second-order valence-corrected chi connectivity index (χ2v) is 6.14. The minimum atomic E-state index is -0.0701. The molecule has 0 heterocycles. The average Bonchev–Trinajstić information content (AvgIpc) is 2.49. The van der Waals surface area contributed by atoms with Gasteiger partial charge in [-0.25, -0.2) is 0 Å². The monoisotopic (exact) mass is 332 g/mol. The smallest absolute Gasteiger partial charge is 0.252 e. The Balaban J connectivity index is 0.00000264. The van der Waals surface area contributed by atoms with Crippen molar-refractivity contribution < 1.29 is 4.79 Å². The van der Waals surface area contributed by atoms with Crippen LogP contribution < -0.4 is 11.1 Å². The standard InChI is InChI=1S/C19H24N2O.ClH/c1-13(2)11-18(15-7-5-4-6-8-15)21-19(22)17-12-16(20)10-9-14(17)3;/h4-10,12-13,18H,11,20H2,1-3H3,(H,21,22);1H. The maximum Gasteiger partial charge on any atom is 0.252 e. The molecule has 0 aliphatic rings. The molecule has 0 aromatic heterocycles. The molecule has 2 aromatic carbocycles.